The van der Waals surface area contributed by atoms with Crippen molar-refractivity contribution in [1.82, 2.24) is 19.4 Å². The molecule has 1 aromatic carbocycles. The second-order valence-corrected chi connectivity index (χ2v) is 9.00. The lowest BCUT2D eigenvalue weighted by atomic mass is 10.1. The standard InChI is InChI=1S/C20H30N4O5S/c1-5-22-12-13-23(20(27)19(22)26)14-18(25)21-15(4)16-8-10-17(11-9-16)30(28,29)24(6-2)7-3/h8-11,15H,5-7,12-14H2,1-4H3,(H,21,25). The molecule has 1 saturated heterocycles. The molecule has 1 aromatic rings. The summed E-state index contributed by atoms with van der Waals surface area (Å²) in [5.74, 6) is -1.64. The van der Waals surface area contributed by atoms with Gasteiger partial charge < -0.3 is 15.1 Å². The van der Waals surface area contributed by atoms with E-state index < -0.39 is 21.8 Å². The second kappa shape index (κ2) is 10.0. The van der Waals surface area contributed by atoms with Crippen molar-refractivity contribution in [3.8, 4) is 0 Å². The van der Waals surface area contributed by atoms with Gasteiger partial charge in [0.2, 0.25) is 15.9 Å². The Hall–Kier alpha value is -2.46. The van der Waals surface area contributed by atoms with Crippen LogP contribution in [0.25, 0.3) is 0 Å². The van der Waals surface area contributed by atoms with E-state index in [1.165, 1.54) is 26.2 Å². The Morgan fingerprint density at radius 1 is 1.03 bits per heavy atom. The topological polar surface area (TPSA) is 107 Å². The highest BCUT2D eigenvalue weighted by Crippen LogP contribution is 2.19. The number of benzene rings is 1. The minimum absolute atomic E-state index is 0.194. The predicted octanol–water partition coefficient (Wildman–Crippen LogP) is 0.585. The van der Waals surface area contributed by atoms with Gasteiger partial charge in [-0.1, -0.05) is 26.0 Å². The average molecular weight is 439 g/mol. The Morgan fingerprint density at radius 3 is 2.10 bits per heavy atom. The van der Waals surface area contributed by atoms with Crippen LogP contribution >= 0.6 is 0 Å². The highest BCUT2D eigenvalue weighted by molar-refractivity contribution is 7.89. The van der Waals surface area contributed by atoms with Crippen molar-refractivity contribution in [2.24, 2.45) is 0 Å². The van der Waals surface area contributed by atoms with E-state index in [0.717, 1.165) is 5.56 Å². The number of hydrogen-bond donors (Lipinski definition) is 1. The van der Waals surface area contributed by atoms with Gasteiger partial charge in [-0.2, -0.15) is 4.31 Å². The van der Waals surface area contributed by atoms with Crippen molar-refractivity contribution in [3.05, 3.63) is 29.8 Å². The van der Waals surface area contributed by atoms with Gasteiger partial charge in [-0.3, -0.25) is 14.4 Å². The Balaban J connectivity index is 1.99. The van der Waals surface area contributed by atoms with Crippen molar-refractivity contribution in [3.63, 3.8) is 0 Å². The lowest BCUT2D eigenvalue weighted by molar-refractivity contribution is -0.156. The molecule has 1 N–H and O–H groups in total. The molecular formula is C20H30N4O5S. The molecule has 0 spiro atoms. The van der Waals surface area contributed by atoms with Crippen LogP contribution in [0.5, 0.6) is 0 Å². The highest BCUT2D eigenvalue weighted by atomic mass is 32.2. The summed E-state index contributed by atoms with van der Waals surface area (Å²) in [5, 5.41) is 2.79. The second-order valence-electron chi connectivity index (χ2n) is 7.06. The first-order valence-electron chi connectivity index (χ1n) is 10.1. The summed E-state index contributed by atoms with van der Waals surface area (Å²) in [7, 11) is -3.54. The van der Waals surface area contributed by atoms with Gasteiger partial charge in [0.25, 0.3) is 0 Å². The smallest absolute Gasteiger partial charge is 0.312 e. The molecule has 0 aliphatic carbocycles. The van der Waals surface area contributed by atoms with Crippen LogP contribution < -0.4 is 5.32 Å². The zero-order valence-electron chi connectivity index (χ0n) is 17.9. The maximum Gasteiger partial charge on any atom is 0.312 e. The van der Waals surface area contributed by atoms with Crippen LogP contribution in [0.3, 0.4) is 0 Å². The number of nitrogens with one attached hydrogen (secondary N) is 1. The first kappa shape index (κ1) is 23.8. The number of carbonyl (C=O) groups is 3. The van der Waals surface area contributed by atoms with E-state index >= 15 is 0 Å². The van der Waals surface area contributed by atoms with Gasteiger partial charge in [0.15, 0.2) is 0 Å². The number of amides is 3. The van der Waals surface area contributed by atoms with E-state index in [4.69, 9.17) is 0 Å². The first-order chi connectivity index (χ1) is 14.1. The number of hydrogen-bond acceptors (Lipinski definition) is 5. The molecule has 0 saturated carbocycles. The molecular weight excluding hydrogens is 408 g/mol. The molecule has 9 nitrogen and oxygen atoms in total. The fourth-order valence-corrected chi connectivity index (χ4v) is 4.81. The molecule has 2 rings (SSSR count). The van der Waals surface area contributed by atoms with Gasteiger partial charge in [-0.05, 0) is 31.5 Å². The number of likely N-dealkylation sites (N-methyl/N-ethyl adjacent to an activating group) is 1. The summed E-state index contributed by atoms with van der Waals surface area (Å²) in [5.41, 5.74) is 0.736. The van der Waals surface area contributed by atoms with E-state index in [9.17, 15) is 22.8 Å². The van der Waals surface area contributed by atoms with E-state index in [2.05, 4.69) is 5.32 Å². The molecule has 0 bridgehead atoms. The van der Waals surface area contributed by atoms with Crippen molar-refractivity contribution < 1.29 is 22.8 Å². The first-order valence-corrected chi connectivity index (χ1v) is 11.6. The number of nitrogens with zero attached hydrogens (tertiary/aromatic N) is 3. The quantitative estimate of drug-likeness (QED) is 0.568. The van der Waals surface area contributed by atoms with E-state index in [1.807, 2.05) is 0 Å². The van der Waals surface area contributed by atoms with Gasteiger partial charge in [0, 0.05) is 32.7 Å². The van der Waals surface area contributed by atoms with Gasteiger partial charge in [-0.15, -0.1) is 0 Å². The van der Waals surface area contributed by atoms with Crippen molar-refractivity contribution in [1.29, 1.82) is 0 Å². The summed E-state index contributed by atoms with van der Waals surface area (Å²) in [6.45, 7) is 8.91. The van der Waals surface area contributed by atoms with E-state index in [-0.39, 0.29) is 23.4 Å². The number of piperazine rings is 1. The molecule has 1 heterocycles. The molecule has 10 heteroatoms. The van der Waals surface area contributed by atoms with Gasteiger partial charge in [-0.25, -0.2) is 8.42 Å². The zero-order valence-corrected chi connectivity index (χ0v) is 18.7. The molecule has 1 aliphatic heterocycles. The maximum atomic E-state index is 12.6. The van der Waals surface area contributed by atoms with Crippen molar-refractivity contribution in [2.75, 3.05) is 39.3 Å². The Labute approximate surface area is 178 Å². The van der Waals surface area contributed by atoms with E-state index in [1.54, 1.807) is 39.8 Å². The van der Waals surface area contributed by atoms with Crippen LogP contribution in [-0.2, 0) is 24.4 Å². The number of carbonyl (C=O) groups excluding carboxylic acids is 3. The van der Waals surface area contributed by atoms with Crippen LogP contribution in [-0.4, -0.2) is 79.5 Å². The maximum absolute atomic E-state index is 12.6. The van der Waals surface area contributed by atoms with Crippen LogP contribution in [0.4, 0.5) is 0 Å². The summed E-state index contributed by atoms with van der Waals surface area (Å²) >= 11 is 0. The average Bonchev–Trinajstić information content (AvgIpc) is 2.72. The molecule has 0 radical (unpaired) electrons. The van der Waals surface area contributed by atoms with Gasteiger partial charge >= 0.3 is 11.8 Å². The Bertz CT molecular complexity index is 881. The minimum atomic E-state index is -3.54. The monoisotopic (exact) mass is 438 g/mol. The molecule has 1 unspecified atom stereocenters. The van der Waals surface area contributed by atoms with Gasteiger partial charge in [0.05, 0.1) is 10.9 Å². The molecule has 1 fully saturated rings. The number of sulfonamides is 1. The minimum Gasteiger partial charge on any atom is -0.348 e. The number of rotatable bonds is 9. The molecule has 0 aromatic heterocycles. The zero-order chi connectivity index (χ0) is 22.5. The largest absolute Gasteiger partial charge is 0.348 e. The summed E-state index contributed by atoms with van der Waals surface area (Å²) in [6.07, 6.45) is 0. The lowest BCUT2D eigenvalue weighted by Crippen LogP contribution is -2.56. The fraction of sp³-hybridized carbons (Fsp3) is 0.550. The Kier molecular flexibility index (Phi) is 7.96. The lowest BCUT2D eigenvalue weighted by Gasteiger charge is -2.32. The SMILES string of the molecule is CCN1CCN(CC(=O)NC(C)c2ccc(S(=O)(=O)N(CC)CC)cc2)C(=O)C1=O. The van der Waals surface area contributed by atoms with Gasteiger partial charge in [0.1, 0.15) is 6.54 Å². The van der Waals surface area contributed by atoms with Crippen LogP contribution in [0.15, 0.2) is 29.2 Å². The van der Waals surface area contributed by atoms with Crippen molar-refractivity contribution >= 4 is 27.7 Å². The third-order valence-corrected chi connectivity index (χ3v) is 7.28. The summed E-state index contributed by atoms with van der Waals surface area (Å²) in [6, 6.07) is 5.99. The highest BCUT2D eigenvalue weighted by Gasteiger charge is 2.32. The molecule has 30 heavy (non-hydrogen) atoms. The summed E-state index contributed by atoms with van der Waals surface area (Å²) in [4.78, 5) is 39.3. The molecule has 1 atom stereocenters. The van der Waals surface area contributed by atoms with Crippen LogP contribution in [0, 0.1) is 0 Å². The molecule has 1 aliphatic rings. The van der Waals surface area contributed by atoms with E-state index in [0.29, 0.717) is 32.7 Å². The van der Waals surface area contributed by atoms with Crippen LogP contribution in [0.1, 0.15) is 39.3 Å². The third kappa shape index (κ3) is 5.17. The molecule has 3 amide bonds. The normalized spacial score (nSPS) is 16.2. The molecule has 166 valence electrons. The summed E-state index contributed by atoms with van der Waals surface area (Å²) < 4.78 is 26.5. The Morgan fingerprint density at radius 2 is 1.57 bits per heavy atom. The predicted molar refractivity (Wildman–Crippen MR) is 112 cm³/mol. The third-order valence-electron chi connectivity index (χ3n) is 5.21. The van der Waals surface area contributed by atoms with Crippen LogP contribution in [0.2, 0.25) is 0 Å². The fourth-order valence-electron chi connectivity index (χ4n) is 3.35. The van der Waals surface area contributed by atoms with Crippen molar-refractivity contribution in [2.45, 2.75) is 38.6 Å².